The van der Waals surface area contributed by atoms with Gasteiger partial charge in [0.15, 0.2) is 0 Å². The molecule has 0 bridgehead atoms. The first-order valence-corrected chi connectivity index (χ1v) is 9.18. The van der Waals surface area contributed by atoms with Crippen LogP contribution in [0.5, 0.6) is 5.75 Å². The number of fused-ring (bicyclic) bond motifs is 2. The van der Waals surface area contributed by atoms with Crippen molar-refractivity contribution in [1.82, 2.24) is 9.97 Å². The summed E-state index contributed by atoms with van der Waals surface area (Å²) < 4.78 is 11.9. The third-order valence-electron chi connectivity index (χ3n) is 4.13. The molecule has 0 aliphatic carbocycles. The van der Waals surface area contributed by atoms with Gasteiger partial charge >= 0.3 is 5.97 Å². The highest BCUT2D eigenvalue weighted by Crippen LogP contribution is 2.24. The molecule has 0 aliphatic heterocycles. The van der Waals surface area contributed by atoms with E-state index >= 15 is 0 Å². The molecule has 0 atom stereocenters. The molecule has 0 unspecified atom stereocenters. The number of hydrogen-bond donors (Lipinski definition) is 0. The van der Waals surface area contributed by atoms with E-state index in [1.165, 1.54) is 0 Å². The van der Waals surface area contributed by atoms with Gasteiger partial charge < -0.3 is 9.47 Å². The van der Waals surface area contributed by atoms with Crippen molar-refractivity contribution in [3.8, 4) is 5.75 Å². The average Bonchev–Trinajstić information content (AvgIpc) is 2.71. The monoisotopic (exact) mass is 422 g/mol. The minimum Gasteiger partial charge on any atom is -0.489 e. The fourth-order valence-corrected chi connectivity index (χ4v) is 3.28. The Morgan fingerprint density at radius 1 is 1.00 bits per heavy atom. The van der Waals surface area contributed by atoms with Crippen LogP contribution in [0.4, 0.5) is 0 Å². The fourth-order valence-electron chi connectivity index (χ4n) is 2.82. The van der Waals surface area contributed by atoms with Crippen LogP contribution in [0, 0.1) is 0 Å². The number of hydrogen-bond acceptors (Lipinski definition) is 5. The van der Waals surface area contributed by atoms with Gasteiger partial charge in [0.25, 0.3) is 0 Å². The fraction of sp³-hybridized carbons (Fsp3) is 0.0952. The van der Waals surface area contributed by atoms with Crippen molar-refractivity contribution in [3.63, 3.8) is 0 Å². The van der Waals surface area contributed by atoms with Gasteiger partial charge in [-0.05, 0) is 51.6 Å². The highest BCUT2D eigenvalue weighted by Gasteiger charge is 2.10. The van der Waals surface area contributed by atoms with Crippen molar-refractivity contribution < 1.29 is 14.3 Å². The lowest BCUT2D eigenvalue weighted by atomic mass is 10.1. The summed E-state index contributed by atoms with van der Waals surface area (Å²) in [5.74, 6) is 0.336. The summed E-state index contributed by atoms with van der Waals surface area (Å²) in [6.07, 6.45) is 5.15. The molecule has 0 spiro atoms. The van der Waals surface area contributed by atoms with Crippen LogP contribution in [-0.4, -0.2) is 29.2 Å². The molecule has 4 aromatic rings. The van der Waals surface area contributed by atoms with Crippen LogP contribution < -0.4 is 4.74 Å². The molecule has 4 rings (SSSR count). The third-order valence-corrected chi connectivity index (χ3v) is 4.76. The van der Waals surface area contributed by atoms with Gasteiger partial charge in [0.1, 0.15) is 19.0 Å². The number of halogens is 1. The predicted octanol–water partition coefficient (Wildman–Crippen LogP) is 4.78. The van der Waals surface area contributed by atoms with Crippen molar-refractivity contribution >= 4 is 43.6 Å². The largest absolute Gasteiger partial charge is 0.489 e. The molecule has 2 aromatic heterocycles. The van der Waals surface area contributed by atoms with Gasteiger partial charge in [0.05, 0.1) is 11.1 Å². The van der Waals surface area contributed by atoms with Gasteiger partial charge in [-0.25, -0.2) is 4.79 Å². The number of pyridine rings is 2. The Balaban J connectivity index is 1.39. The van der Waals surface area contributed by atoms with Crippen LogP contribution in [0.25, 0.3) is 21.7 Å². The van der Waals surface area contributed by atoms with Crippen molar-refractivity contribution in [2.24, 2.45) is 0 Å². The first kappa shape index (κ1) is 17.4. The number of aromatic nitrogens is 2. The molecular formula is C21H15BrN2O3. The molecule has 2 heterocycles. The van der Waals surface area contributed by atoms with E-state index in [1.54, 1.807) is 36.8 Å². The maximum Gasteiger partial charge on any atom is 0.338 e. The van der Waals surface area contributed by atoms with Crippen molar-refractivity contribution in [2.45, 2.75) is 0 Å². The van der Waals surface area contributed by atoms with E-state index in [0.717, 1.165) is 31.9 Å². The number of carbonyl (C=O) groups is 1. The Hall–Kier alpha value is -2.99. The van der Waals surface area contributed by atoms with Crippen LogP contribution >= 0.6 is 15.9 Å². The van der Waals surface area contributed by atoms with E-state index in [-0.39, 0.29) is 19.2 Å². The van der Waals surface area contributed by atoms with E-state index in [0.29, 0.717) is 5.56 Å². The van der Waals surface area contributed by atoms with Crippen molar-refractivity contribution in [3.05, 3.63) is 77.2 Å². The number of nitrogens with zero attached hydrogens (tertiary/aromatic N) is 2. The summed E-state index contributed by atoms with van der Waals surface area (Å²) in [6, 6.07) is 14.9. The molecule has 0 amide bonds. The van der Waals surface area contributed by atoms with Crippen LogP contribution in [0.3, 0.4) is 0 Å². The molecule has 6 heteroatoms. The molecule has 134 valence electrons. The zero-order chi connectivity index (χ0) is 18.6. The number of benzene rings is 2. The molecule has 0 aliphatic rings. The first-order chi connectivity index (χ1) is 13.2. The van der Waals surface area contributed by atoms with E-state index in [9.17, 15) is 4.79 Å². The second-order valence-corrected chi connectivity index (χ2v) is 6.72. The number of esters is 1. The molecule has 0 radical (unpaired) electrons. The van der Waals surface area contributed by atoms with Crippen LogP contribution in [0.2, 0.25) is 0 Å². The lowest BCUT2D eigenvalue weighted by Gasteiger charge is -2.10. The van der Waals surface area contributed by atoms with Crippen molar-refractivity contribution in [1.29, 1.82) is 0 Å². The summed E-state index contributed by atoms with van der Waals surface area (Å²) >= 11 is 3.45. The van der Waals surface area contributed by atoms with Gasteiger partial charge in [-0.1, -0.05) is 18.2 Å². The Kier molecular flexibility index (Phi) is 4.98. The Morgan fingerprint density at radius 3 is 2.81 bits per heavy atom. The second-order valence-electron chi connectivity index (χ2n) is 5.87. The third kappa shape index (κ3) is 3.75. The molecule has 5 nitrogen and oxygen atoms in total. The summed E-state index contributed by atoms with van der Waals surface area (Å²) in [5, 5.41) is 2.80. The lowest BCUT2D eigenvalue weighted by molar-refractivity contribution is 0.0451. The second kappa shape index (κ2) is 7.72. The highest BCUT2D eigenvalue weighted by atomic mass is 79.9. The normalized spacial score (nSPS) is 10.9. The van der Waals surface area contributed by atoms with Gasteiger partial charge in [-0.2, -0.15) is 0 Å². The van der Waals surface area contributed by atoms with Gasteiger partial charge in [-0.15, -0.1) is 0 Å². The molecule has 0 N–H and O–H groups in total. The minimum atomic E-state index is -0.385. The Labute approximate surface area is 164 Å². The van der Waals surface area contributed by atoms with E-state index in [1.807, 2.05) is 30.3 Å². The molecule has 0 saturated carbocycles. The lowest BCUT2D eigenvalue weighted by Crippen LogP contribution is -2.12. The van der Waals surface area contributed by atoms with E-state index in [4.69, 9.17) is 9.47 Å². The SMILES string of the molecule is O=C(OCCOc1ccnc2ccccc12)c1ccc2cncc(Br)c2c1. The molecule has 27 heavy (non-hydrogen) atoms. The van der Waals surface area contributed by atoms with E-state index < -0.39 is 0 Å². The van der Waals surface area contributed by atoms with E-state index in [2.05, 4.69) is 25.9 Å². The number of carbonyl (C=O) groups excluding carboxylic acids is 1. The zero-order valence-electron chi connectivity index (χ0n) is 14.3. The highest BCUT2D eigenvalue weighted by molar-refractivity contribution is 9.10. The summed E-state index contributed by atoms with van der Waals surface area (Å²) in [7, 11) is 0. The predicted molar refractivity (Wildman–Crippen MR) is 107 cm³/mol. The van der Waals surface area contributed by atoms with Crippen LogP contribution in [0.1, 0.15) is 10.4 Å². The van der Waals surface area contributed by atoms with Gasteiger partial charge in [0.2, 0.25) is 0 Å². The average molecular weight is 423 g/mol. The molecular weight excluding hydrogens is 408 g/mol. The molecule has 0 saturated heterocycles. The summed E-state index contributed by atoms with van der Waals surface area (Å²) in [4.78, 5) is 20.7. The number of ether oxygens (including phenoxy) is 2. The molecule has 2 aromatic carbocycles. The Bertz CT molecular complexity index is 1130. The smallest absolute Gasteiger partial charge is 0.338 e. The first-order valence-electron chi connectivity index (χ1n) is 8.39. The summed E-state index contributed by atoms with van der Waals surface area (Å²) in [6.45, 7) is 0.423. The van der Waals surface area contributed by atoms with Crippen LogP contribution in [0.15, 0.2) is 71.6 Å². The Morgan fingerprint density at radius 2 is 1.89 bits per heavy atom. The minimum absolute atomic E-state index is 0.158. The van der Waals surface area contributed by atoms with Crippen molar-refractivity contribution in [2.75, 3.05) is 13.2 Å². The summed E-state index contributed by atoms with van der Waals surface area (Å²) in [5.41, 5.74) is 1.35. The van der Waals surface area contributed by atoms with Gasteiger partial charge in [0, 0.05) is 33.8 Å². The zero-order valence-corrected chi connectivity index (χ0v) is 15.8. The number of rotatable bonds is 5. The standard InChI is InChI=1S/C21H15BrN2O3/c22-18-13-23-12-15-6-5-14(11-17(15)18)21(25)27-10-9-26-20-7-8-24-19-4-2-1-3-16(19)20/h1-8,11-13H,9-10H2. The van der Waals surface area contributed by atoms with Gasteiger partial charge in [-0.3, -0.25) is 9.97 Å². The number of para-hydroxylation sites is 1. The van der Waals surface area contributed by atoms with Crippen LogP contribution in [-0.2, 0) is 4.74 Å². The maximum absolute atomic E-state index is 12.3. The quantitative estimate of drug-likeness (QED) is 0.342. The molecule has 0 fully saturated rings. The maximum atomic E-state index is 12.3. The topological polar surface area (TPSA) is 61.3 Å².